The third-order valence-corrected chi connectivity index (χ3v) is 7.71. The molecule has 0 spiro atoms. The molecule has 1 fully saturated rings. The molecule has 0 aliphatic heterocycles. The van der Waals surface area contributed by atoms with Crippen molar-refractivity contribution in [2.45, 2.75) is 90.4 Å². The fourth-order valence-electron chi connectivity index (χ4n) is 5.52. The van der Waals surface area contributed by atoms with E-state index < -0.39 is 0 Å². The summed E-state index contributed by atoms with van der Waals surface area (Å²) in [7, 11) is 0. The van der Waals surface area contributed by atoms with Gasteiger partial charge in [0.2, 0.25) is 0 Å². The van der Waals surface area contributed by atoms with E-state index in [1.807, 2.05) is 0 Å². The quantitative estimate of drug-likeness (QED) is 0.406. The predicted octanol–water partition coefficient (Wildman–Crippen LogP) is 9.41. The van der Waals surface area contributed by atoms with Crippen molar-refractivity contribution < 1.29 is 0 Å². The van der Waals surface area contributed by atoms with Gasteiger partial charge in [0.15, 0.2) is 0 Å². The molecule has 1 atom stereocenters. The van der Waals surface area contributed by atoms with Gasteiger partial charge in [0.1, 0.15) is 0 Å². The second-order valence-corrected chi connectivity index (χ2v) is 10.0. The van der Waals surface area contributed by atoms with Crippen molar-refractivity contribution >= 4 is 5.57 Å². The smallest absolute Gasteiger partial charge is 0.0162 e. The molecule has 0 bridgehead atoms. The van der Waals surface area contributed by atoms with E-state index >= 15 is 0 Å². The highest BCUT2D eigenvalue weighted by atomic mass is 14.3. The molecule has 2 aromatic rings. The molecular formula is C30H40. The van der Waals surface area contributed by atoms with Gasteiger partial charge in [0.25, 0.3) is 0 Å². The summed E-state index contributed by atoms with van der Waals surface area (Å²) < 4.78 is 0. The molecular weight excluding hydrogens is 360 g/mol. The molecule has 2 aliphatic carbocycles. The van der Waals surface area contributed by atoms with Crippen molar-refractivity contribution in [3.05, 3.63) is 65.7 Å². The Hall–Kier alpha value is -1.82. The minimum atomic E-state index is 0.782. The normalized spacial score (nSPS) is 24.5. The Morgan fingerprint density at radius 2 is 1.37 bits per heavy atom. The summed E-state index contributed by atoms with van der Waals surface area (Å²) in [4.78, 5) is 0. The number of benzene rings is 2. The predicted molar refractivity (Wildman–Crippen MR) is 132 cm³/mol. The fourth-order valence-corrected chi connectivity index (χ4v) is 5.52. The van der Waals surface area contributed by atoms with Gasteiger partial charge in [-0.05, 0) is 90.5 Å². The summed E-state index contributed by atoms with van der Waals surface area (Å²) in [6, 6.07) is 18.8. The van der Waals surface area contributed by atoms with E-state index in [-0.39, 0.29) is 0 Å². The van der Waals surface area contributed by atoms with Crippen LogP contribution in [0.3, 0.4) is 0 Å². The molecule has 4 rings (SSSR count). The number of unbranched alkanes of at least 4 members (excludes halogenated alkanes) is 2. The van der Waals surface area contributed by atoms with Gasteiger partial charge in [0, 0.05) is 0 Å². The van der Waals surface area contributed by atoms with Gasteiger partial charge in [-0.15, -0.1) is 0 Å². The molecule has 1 unspecified atom stereocenters. The number of hydrogen-bond acceptors (Lipinski definition) is 0. The number of hydrogen-bond donors (Lipinski definition) is 0. The second kappa shape index (κ2) is 10.5. The van der Waals surface area contributed by atoms with E-state index in [0.29, 0.717) is 0 Å². The van der Waals surface area contributed by atoms with Crippen LogP contribution in [0.1, 0.15) is 102 Å². The van der Waals surface area contributed by atoms with Gasteiger partial charge in [-0.1, -0.05) is 94.1 Å². The van der Waals surface area contributed by atoms with Gasteiger partial charge in [0.05, 0.1) is 0 Å². The molecule has 0 heterocycles. The van der Waals surface area contributed by atoms with Crippen molar-refractivity contribution in [2.24, 2.45) is 11.8 Å². The van der Waals surface area contributed by atoms with E-state index in [1.54, 1.807) is 11.1 Å². The van der Waals surface area contributed by atoms with E-state index in [0.717, 1.165) is 17.8 Å². The van der Waals surface area contributed by atoms with Crippen molar-refractivity contribution in [1.29, 1.82) is 0 Å². The minimum absolute atomic E-state index is 0.782. The first-order chi connectivity index (χ1) is 14.7. The summed E-state index contributed by atoms with van der Waals surface area (Å²) in [6.45, 7) is 4.67. The van der Waals surface area contributed by atoms with Crippen LogP contribution >= 0.6 is 0 Å². The van der Waals surface area contributed by atoms with Gasteiger partial charge in [-0.25, -0.2) is 0 Å². The zero-order chi connectivity index (χ0) is 20.8. The van der Waals surface area contributed by atoms with Crippen LogP contribution < -0.4 is 0 Å². The lowest BCUT2D eigenvalue weighted by Crippen LogP contribution is -2.13. The lowest BCUT2D eigenvalue weighted by atomic mass is 9.77. The standard InChI is InChI=1S/C30H40/c1-3-4-5-6-24-9-13-26(14-10-24)28-17-21-30(22-18-28)29-19-15-27(16-20-29)25-11-7-23(2)8-12-25/h11,15-24,26H,3-10,12-14H2,1-2H3. The molecule has 0 aromatic heterocycles. The Labute approximate surface area is 184 Å². The zero-order valence-corrected chi connectivity index (χ0v) is 19.2. The minimum Gasteiger partial charge on any atom is -0.0805 e. The molecule has 0 N–H and O–H groups in total. The van der Waals surface area contributed by atoms with Crippen molar-refractivity contribution in [1.82, 2.24) is 0 Å². The Bertz CT molecular complexity index is 800. The molecule has 1 saturated carbocycles. The third kappa shape index (κ3) is 5.45. The van der Waals surface area contributed by atoms with Gasteiger partial charge in [-0.2, -0.15) is 0 Å². The Morgan fingerprint density at radius 3 is 1.97 bits per heavy atom. The van der Waals surface area contributed by atoms with E-state index in [1.165, 1.54) is 87.3 Å². The average Bonchev–Trinajstić information content (AvgIpc) is 2.81. The monoisotopic (exact) mass is 400 g/mol. The van der Waals surface area contributed by atoms with Crippen molar-refractivity contribution in [3.63, 3.8) is 0 Å². The topological polar surface area (TPSA) is 0 Å². The summed E-state index contributed by atoms with van der Waals surface area (Å²) in [6.07, 6.45) is 17.6. The maximum absolute atomic E-state index is 2.45. The van der Waals surface area contributed by atoms with E-state index in [2.05, 4.69) is 68.5 Å². The Morgan fingerprint density at radius 1 is 0.733 bits per heavy atom. The Balaban J connectivity index is 1.34. The van der Waals surface area contributed by atoms with Gasteiger partial charge < -0.3 is 0 Å². The molecule has 0 amide bonds. The highest BCUT2D eigenvalue weighted by molar-refractivity contribution is 5.71. The molecule has 30 heavy (non-hydrogen) atoms. The fraction of sp³-hybridized carbons (Fsp3) is 0.533. The van der Waals surface area contributed by atoms with Crippen LogP contribution in [0.15, 0.2) is 54.6 Å². The third-order valence-electron chi connectivity index (χ3n) is 7.71. The molecule has 0 saturated heterocycles. The maximum atomic E-state index is 2.45. The van der Waals surface area contributed by atoms with Crippen LogP contribution in [0.4, 0.5) is 0 Å². The molecule has 0 heteroatoms. The number of allylic oxidation sites excluding steroid dienone is 2. The molecule has 0 nitrogen and oxygen atoms in total. The van der Waals surface area contributed by atoms with Gasteiger partial charge in [-0.3, -0.25) is 0 Å². The maximum Gasteiger partial charge on any atom is -0.0162 e. The molecule has 160 valence electrons. The molecule has 2 aromatic carbocycles. The first kappa shape index (κ1) is 21.4. The summed E-state index contributed by atoms with van der Waals surface area (Å²) in [5.74, 6) is 2.63. The highest BCUT2D eigenvalue weighted by Gasteiger charge is 2.22. The van der Waals surface area contributed by atoms with Gasteiger partial charge >= 0.3 is 0 Å². The average molecular weight is 401 g/mol. The van der Waals surface area contributed by atoms with Crippen LogP contribution in [-0.4, -0.2) is 0 Å². The highest BCUT2D eigenvalue weighted by Crippen LogP contribution is 2.38. The second-order valence-electron chi connectivity index (χ2n) is 10.0. The summed E-state index contributed by atoms with van der Waals surface area (Å²) in [5.41, 5.74) is 7.21. The van der Waals surface area contributed by atoms with E-state index in [4.69, 9.17) is 0 Å². The van der Waals surface area contributed by atoms with E-state index in [9.17, 15) is 0 Å². The lowest BCUT2D eigenvalue weighted by molar-refractivity contribution is 0.303. The van der Waals surface area contributed by atoms with Crippen LogP contribution in [0.2, 0.25) is 0 Å². The SMILES string of the molecule is CCCCCC1CCC(c2ccc(-c3ccc(C4=CCC(C)CC4)cc3)cc2)CC1. The van der Waals surface area contributed by atoms with Crippen molar-refractivity contribution in [2.75, 3.05) is 0 Å². The summed E-state index contributed by atoms with van der Waals surface area (Å²) >= 11 is 0. The van der Waals surface area contributed by atoms with Crippen LogP contribution in [0.5, 0.6) is 0 Å². The summed E-state index contributed by atoms with van der Waals surface area (Å²) in [5, 5.41) is 0. The van der Waals surface area contributed by atoms with Crippen molar-refractivity contribution in [3.8, 4) is 11.1 Å². The lowest BCUT2D eigenvalue weighted by Gasteiger charge is -2.29. The largest absolute Gasteiger partial charge is 0.0805 e. The first-order valence-corrected chi connectivity index (χ1v) is 12.6. The Kier molecular flexibility index (Phi) is 7.47. The zero-order valence-electron chi connectivity index (χ0n) is 19.2. The molecule has 0 radical (unpaired) electrons. The first-order valence-electron chi connectivity index (χ1n) is 12.6. The van der Waals surface area contributed by atoms with Crippen LogP contribution in [0, 0.1) is 11.8 Å². The van der Waals surface area contributed by atoms with Crippen LogP contribution in [-0.2, 0) is 0 Å². The molecule has 2 aliphatic rings. The number of rotatable bonds is 7. The van der Waals surface area contributed by atoms with Crippen LogP contribution in [0.25, 0.3) is 16.7 Å².